The lowest BCUT2D eigenvalue weighted by Crippen LogP contribution is -1.86. The minimum absolute atomic E-state index is 1.05. The molecule has 0 aliphatic rings. The molecule has 0 bridgehead atoms. The van der Waals surface area contributed by atoms with Crippen LogP contribution < -0.4 is 5.32 Å². The molecular weight excluding hydrogens is 148 g/mol. The van der Waals surface area contributed by atoms with Gasteiger partial charge in [0.1, 0.15) is 0 Å². The van der Waals surface area contributed by atoms with Crippen LogP contribution >= 0.6 is 0 Å². The molecule has 1 N–H and O–H groups in total. The van der Waals surface area contributed by atoms with E-state index in [1.54, 1.807) is 12.4 Å². The highest BCUT2D eigenvalue weighted by molar-refractivity contribution is 5.38. The first-order valence-electron chi connectivity index (χ1n) is 4.51. The Kier molecular flexibility index (Phi) is 14.2. The van der Waals surface area contributed by atoms with Crippen molar-refractivity contribution in [3.63, 3.8) is 0 Å². The van der Waals surface area contributed by atoms with E-state index in [-0.39, 0.29) is 0 Å². The van der Waals surface area contributed by atoms with Gasteiger partial charge in [0.15, 0.2) is 0 Å². The van der Waals surface area contributed by atoms with Crippen LogP contribution in [0.5, 0.6) is 0 Å². The van der Waals surface area contributed by atoms with Gasteiger partial charge < -0.3 is 5.32 Å². The van der Waals surface area contributed by atoms with Crippen LogP contribution in [0.15, 0.2) is 24.5 Å². The first-order chi connectivity index (χ1) is 5.93. The largest absolute Gasteiger partial charge is 0.387 e. The van der Waals surface area contributed by atoms with Crippen molar-refractivity contribution in [3.05, 3.63) is 24.5 Å². The maximum Gasteiger partial charge on any atom is 0.0524 e. The van der Waals surface area contributed by atoms with Crippen LogP contribution in [-0.2, 0) is 0 Å². The molecule has 0 unspecified atom stereocenters. The van der Waals surface area contributed by atoms with Gasteiger partial charge in [0.2, 0.25) is 0 Å². The smallest absolute Gasteiger partial charge is 0.0524 e. The first kappa shape index (κ1) is 13.5. The minimum atomic E-state index is 1.05. The Morgan fingerprint density at radius 1 is 1.17 bits per heavy atom. The number of hydrogen-bond acceptors (Lipinski definition) is 2. The van der Waals surface area contributed by atoms with Crippen molar-refractivity contribution >= 4 is 5.69 Å². The summed E-state index contributed by atoms with van der Waals surface area (Å²) < 4.78 is 0. The first-order valence-corrected chi connectivity index (χ1v) is 4.51. The zero-order valence-electron chi connectivity index (χ0n) is 8.76. The Bertz CT molecular complexity index is 149. The van der Waals surface area contributed by atoms with Gasteiger partial charge in [-0.25, -0.2) is 0 Å². The van der Waals surface area contributed by atoms with Gasteiger partial charge >= 0.3 is 0 Å². The summed E-state index contributed by atoms with van der Waals surface area (Å²) in [6, 6.07) is 3.86. The normalized spacial score (nSPS) is 6.75. The average Bonchev–Trinajstić information content (AvgIpc) is 2.25. The molecule has 0 atom stereocenters. The Morgan fingerprint density at radius 3 is 2.00 bits per heavy atom. The van der Waals surface area contributed by atoms with E-state index in [0.29, 0.717) is 0 Å². The zero-order chi connectivity index (χ0) is 9.82. The molecule has 2 heteroatoms. The Morgan fingerprint density at radius 2 is 1.75 bits per heavy atom. The number of aromatic nitrogens is 1. The minimum Gasteiger partial charge on any atom is -0.387 e. The molecule has 70 valence electrons. The number of anilines is 1. The quantitative estimate of drug-likeness (QED) is 0.696. The molecule has 1 rings (SSSR count). The summed E-state index contributed by atoms with van der Waals surface area (Å²) in [6.07, 6.45) is 3.53. The van der Waals surface area contributed by atoms with E-state index in [4.69, 9.17) is 0 Å². The summed E-state index contributed by atoms with van der Waals surface area (Å²) in [5, 5.41) is 2.96. The van der Waals surface area contributed by atoms with E-state index >= 15 is 0 Å². The third-order valence-corrected chi connectivity index (χ3v) is 0.950. The molecule has 0 radical (unpaired) electrons. The summed E-state index contributed by atoms with van der Waals surface area (Å²) in [5.74, 6) is 0. The van der Waals surface area contributed by atoms with Crippen LogP contribution in [0.1, 0.15) is 27.7 Å². The van der Waals surface area contributed by atoms with E-state index in [0.717, 1.165) is 5.69 Å². The van der Waals surface area contributed by atoms with E-state index in [1.807, 2.05) is 46.9 Å². The summed E-state index contributed by atoms with van der Waals surface area (Å²) in [5.41, 5.74) is 1.05. The van der Waals surface area contributed by atoms with E-state index in [9.17, 15) is 0 Å². The molecular formula is C10H20N2. The topological polar surface area (TPSA) is 24.9 Å². The van der Waals surface area contributed by atoms with E-state index < -0.39 is 0 Å². The molecule has 1 aromatic heterocycles. The second-order valence-corrected chi connectivity index (χ2v) is 1.49. The SMILES string of the molecule is CC.CC.CNc1cccnc1. The van der Waals surface area contributed by atoms with Crippen molar-refractivity contribution in [3.8, 4) is 0 Å². The lowest BCUT2D eigenvalue weighted by molar-refractivity contribution is 1.31. The lowest BCUT2D eigenvalue weighted by atomic mass is 10.4. The van der Waals surface area contributed by atoms with Gasteiger partial charge in [0.05, 0.1) is 5.69 Å². The van der Waals surface area contributed by atoms with Crippen molar-refractivity contribution in [2.75, 3.05) is 12.4 Å². The van der Waals surface area contributed by atoms with Crippen molar-refractivity contribution in [2.45, 2.75) is 27.7 Å². The second kappa shape index (κ2) is 12.6. The van der Waals surface area contributed by atoms with E-state index in [1.165, 1.54) is 0 Å². The highest BCUT2D eigenvalue weighted by atomic mass is 14.8. The molecule has 0 saturated carbocycles. The van der Waals surface area contributed by atoms with Gasteiger partial charge in [-0.15, -0.1) is 0 Å². The summed E-state index contributed by atoms with van der Waals surface area (Å²) in [6.45, 7) is 8.00. The average molecular weight is 168 g/mol. The Labute approximate surface area is 76.0 Å². The van der Waals surface area contributed by atoms with Gasteiger partial charge in [0, 0.05) is 19.4 Å². The fraction of sp³-hybridized carbons (Fsp3) is 0.500. The predicted molar refractivity (Wildman–Crippen MR) is 56.5 cm³/mol. The number of pyridine rings is 1. The van der Waals surface area contributed by atoms with Crippen LogP contribution in [0.4, 0.5) is 5.69 Å². The van der Waals surface area contributed by atoms with E-state index in [2.05, 4.69) is 10.3 Å². The highest BCUT2D eigenvalue weighted by Crippen LogP contribution is 1.98. The van der Waals surface area contributed by atoms with Gasteiger partial charge in [-0.2, -0.15) is 0 Å². The molecule has 0 spiro atoms. The number of nitrogens with zero attached hydrogens (tertiary/aromatic N) is 1. The number of nitrogens with one attached hydrogen (secondary N) is 1. The monoisotopic (exact) mass is 168 g/mol. The van der Waals surface area contributed by atoms with Crippen LogP contribution in [-0.4, -0.2) is 12.0 Å². The molecule has 1 aromatic rings. The van der Waals surface area contributed by atoms with Crippen molar-refractivity contribution in [1.82, 2.24) is 4.98 Å². The predicted octanol–water partition coefficient (Wildman–Crippen LogP) is 3.18. The molecule has 0 fully saturated rings. The van der Waals surface area contributed by atoms with Crippen molar-refractivity contribution in [1.29, 1.82) is 0 Å². The van der Waals surface area contributed by atoms with Crippen LogP contribution in [0, 0.1) is 0 Å². The molecule has 2 nitrogen and oxygen atoms in total. The molecule has 0 aliphatic heterocycles. The highest BCUT2D eigenvalue weighted by Gasteiger charge is 1.79. The molecule has 1 heterocycles. The summed E-state index contributed by atoms with van der Waals surface area (Å²) >= 11 is 0. The third kappa shape index (κ3) is 7.06. The number of rotatable bonds is 1. The lowest BCUT2D eigenvalue weighted by Gasteiger charge is -1.93. The van der Waals surface area contributed by atoms with Crippen molar-refractivity contribution < 1.29 is 0 Å². The van der Waals surface area contributed by atoms with Crippen LogP contribution in [0.3, 0.4) is 0 Å². The standard InChI is InChI=1S/C6H8N2.2C2H6/c1-7-6-3-2-4-8-5-6;2*1-2/h2-5,7H,1H3;2*1-2H3. The van der Waals surface area contributed by atoms with Gasteiger partial charge in [-0.1, -0.05) is 27.7 Å². The fourth-order valence-corrected chi connectivity index (χ4v) is 0.511. The number of hydrogen-bond donors (Lipinski definition) is 1. The van der Waals surface area contributed by atoms with Gasteiger partial charge in [0.25, 0.3) is 0 Å². The second-order valence-electron chi connectivity index (χ2n) is 1.49. The summed E-state index contributed by atoms with van der Waals surface area (Å²) in [4.78, 5) is 3.89. The van der Waals surface area contributed by atoms with Gasteiger partial charge in [-0.05, 0) is 12.1 Å². The zero-order valence-corrected chi connectivity index (χ0v) is 8.76. The molecule has 0 aliphatic carbocycles. The third-order valence-electron chi connectivity index (χ3n) is 0.950. The van der Waals surface area contributed by atoms with Gasteiger partial charge in [-0.3, -0.25) is 4.98 Å². The van der Waals surface area contributed by atoms with Crippen LogP contribution in [0.25, 0.3) is 0 Å². The Balaban J connectivity index is 0. The molecule has 0 amide bonds. The fourth-order valence-electron chi connectivity index (χ4n) is 0.511. The van der Waals surface area contributed by atoms with Crippen molar-refractivity contribution in [2.24, 2.45) is 0 Å². The Hall–Kier alpha value is -1.05. The maximum absolute atomic E-state index is 3.89. The molecule has 0 saturated heterocycles. The summed E-state index contributed by atoms with van der Waals surface area (Å²) in [7, 11) is 1.87. The van der Waals surface area contributed by atoms with Crippen LogP contribution in [0.2, 0.25) is 0 Å². The molecule has 12 heavy (non-hydrogen) atoms. The maximum atomic E-state index is 3.89. The molecule has 0 aromatic carbocycles.